The maximum absolute atomic E-state index is 5.88. The Kier molecular flexibility index (Phi) is 5.59. The third-order valence-corrected chi connectivity index (χ3v) is 5.31. The van der Waals surface area contributed by atoms with Gasteiger partial charge in [0.2, 0.25) is 0 Å². The fourth-order valence-corrected chi connectivity index (χ4v) is 3.85. The van der Waals surface area contributed by atoms with Gasteiger partial charge in [-0.25, -0.2) is 0 Å². The Morgan fingerprint density at radius 3 is 2.21 bits per heavy atom. The third-order valence-electron chi connectivity index (χ3n) is 5.31. The molecule has 4 rings (SSSR count). The van der Waals surface area contributed by atoms with Gasteiger partial charge in [0.05, 0.1) is 0 Å². The van der Waals surface area contributed by atoms with Crippen molar-refractivity contribution in [2.24, 2.45) is 0 Å². The average molecular weight is 370 g/mol. The fraction of sp³-hybridized carbons (Fsp3) is 0.231. The maximum atomic E-state index is 5.88. The lowest BCUT2D eigenvalue weighted by Gasteiger charge is -2.24. The molecule has 0 bridgehead atoms. The van der Waals surface area contributed by atoms with Gasteiger partial charge in [0.15, 0.2) is 0 Å². The van der Waals surface area contributed by atoms with Gasteiger partial charge in [0, 0.05) is 6.54 Å². The Morgan fingerprint density at radius 1 is 0.750 bits per heavy atom. The van der Waals surface area contributed by atoms with Crippen LogP contribution < -0.4 is 4.74 Å². The molecule has 0 atom stereocenters. The molecule has 28 heavy (non-hydrogen) atoms. The van der Waals surface area contributed by atoms with Crippen LogP contribution in [-0.4, -0.2) is 32.1 Å². The number of benzene rings is 3. The minimum absolute atomic E-state index is 0.702. The molecule has 0 aliphatic heterocycles. The monoisotopic (exact) mass is 369 g/mol. The van der Waals surface area contributed by atoms with Gasteiger partial charge in [-0.05, 0) is 72.5 Å². The second kappa shape index (κ2) is 8.45. The van der Waals surface area contributed by atoms with Crippen molar-refractivity contribution < 1.29 is 4.74 Å². The quantitative estimate of drug-likeness (QED) is 0.566. The molecule has 0 N–H and O–H groups in total. The van der Waals surface area contributed by atoms with Gasteiger partial charge in [-0.1, -0.05) is 66.7 Å². The highest BCUT2D eigenvalue weighted by molar-refractivity contribution is 6.00. The van der Waals surface area contributed by atoms with E-state index in [0.29, 0.717) is 6.61 Å². The summed E-state index contributed by atoms with van der Waals surface area (Å²) >= 11 is 0. The van der Waals surface area contributed by atoms with E-state index >= 15 is 0 Å². The van der Waals surface area contributed by atoms with Crippen molar-refractivity contribution >= 4 is 11.1 Å². The van der Waals surface area contributed by atoms with Crippen LogP contribution in [0.3, 0.4) is 0 Å². The first-order valence-electron chi connectivity index (χ1n) is 9.97. The summed E-state index contributed by atoms with van der Waals surface area (Å²) in [6.07, 6.45) is 2.16. The van der Waals surface area contributed by atoms with Crippen LogP contribution in [0.4, 0.5) is 0 Å². The third kappa shape index (κ3) is 4.02. The number of hydrogen-bond donors (Lipinski definition) is 0. The highest BCUT2D eigenvalue weighted by Crippen LogP contribution is 2.40. The lowest BCUT2D eigenvalue weighted by Crippen LogP contribution is -2.19. The van der Waals surface area contributed by atoms with E-state index in [4.69, 9.17) is 4.74 Å². The number of allylic oxidation sites excluding steroid dienone is 1. The molecule has 2 heteroatoms. The van der Waals surface area contributed by atoms with Crippen molar-refractivity contribution in [1.82, 2.24) is 4.90 Å². The highest BCUT2D eigenvalue weighted by Gasteiger charge is 2.21. The summed E-state index contributed by atoms with van der Waals surface area (Å²) in [6.45, 7) is 1.62. The minimum atomic E-state index is 0.702. The molecule has 3 aromatic rings. The van der Waals surface area contributed by atoms with E-state index in [9.17, 15) is 0 Å². The second-order valence-electron chi connectivity index (χ2n) is 7.55. The van der Waals surface area contributed by atoms with Crippen LogP contribution in [0.5, 0.6) is 5.75 Å². The van der Waals surface area contributed by atoms with Crippen molar-refractivity contribution in [2.75, 3.05) is 27.2 Å². The number of nitrogens with zero attached hydrogens (tertiary/aromatic N) is 1. The van der Waals surface area contributed by atoms with Crippen molar-refractivity contribution in [2.45, 2.75) is 12.8 Å². The number of fused-ring (bicyclic) bond motifs is 1. The molecule has 0 radical (unpaired) electrons. The lowest BCUT2D eigenvalue weighted by atomic mass is 9.80. The van der Waals surface area contributed by atoms with Crippen molar-refractivity contribution in [1.29, 1.82) is 0 Å². The standard InChI is InChI=1S/C26H27NO/c1-27(2)18-19-28-23-15-12-22(13-16-23)26-24-11-7-6-10-21(24)14-17-25(26)20-8-4-3-5-9-20/h3-13,15-16H,14,17-19H2,1-2H3. The first-order chi connectivity index (χ1) is 13.7. The lowest BCUT2D eigenvalue weighted by molar-refractivity contribution is 0.261. The number of rotatable bonds is 6. The van der Waals surface area contributed by atoms with E-state index in [1.807, 2.05) is 0 Å². The number of ether oxygens (including phenoxy) is 1. The van der Waals surface area contributed by atoms with E-state index in [1.54, 1.807) is 0 Å². The number of aryl methyl sites for hydroxylation is 1. The predicted molar refractivity (Wildman–Crippen MR) is 118 cm³/mol. The van der Waals surface area contributed by atoms with Crippen LogP contribution in [0.1, 0.15) is 28.7 Å². The van der Waals surface area contributed by atoms with E-state index in [0.717, 1.165) is 25.1 Å². The molecule has 0 amide bonds. The molecule has 0 saturated carbocycles. The van der Waals surface area contributed by atoms with Crippen LogP contribution in [0.15, 0.2) is 78.9 Å². The van der Waals surface area contributed by atoms with E-state index in [2.05, 4.69) is 97.9 Å². The summed E-state index contributed by atoms with van der Waals surface area (Å²) in [5.74, 6) is 0.927. The SMILES string of the molecule is CN(C)CCOc1ccc(C2=C(c3ccccc3)CCc3ccccc32)cc1. The zero-order chi connectivity index (χ0) is 19.3. The van der Waals surface area contributed by atoms with Crippen LogP contribution in [-0.2, 0) is 6.42 Å². The van der Waals surface area contributed by atoms with Gasteiger partial charge in [0.25, 0.3) is 0 Å². The first kappa shape index (κ1) is 18.5. The largest absolute Gasteiger partial charge is 0.492 e. The smallest absolute Gasteiger partial charge is 0.119 e. The Labute approximate surface area is 168 Å². The molecule has 1 aliphatic carbocycles. The molecule has 0 saturated heterocycles. The fourth-order valence-electron chi connectivity index (χ4n) is 3.85. The predicted octanol–water partition coefficient (Wildman–Crippen LogP) is 5.53. The molecule has 142 valence electrons. The first-order valence-corrected chi connectivity index (χ1v) is 9.97. The Morgan fingerprint density at radius 2 is 1.46 bits per heavy atom. The molecule has 0 fully saturated rings. The van der Waals surface area contributed by atoms with Crippen LogP contribution in [0.25, 0.3) is 11.1 Å². The van der Waals surface area contributed by atoms with Gasteiger partial charge in [-0.3, -0.25) is 0 Å². The van der Waals surface area contributed by atoms with Crippen molar-refractivity contribution in [3.8, 4) is 5.75 Å². The van der Waals surface area contributed by atoms with Crippen molar-refractivity contribution in [3.63, 3.8) is 0 Å². The molecular weight excluding hydrogens is 342 g/mol. The Hall–Kier alpha value is -2.84. The van der Waals surface area contributed by atoms with Gasteiger partial charge >= 0.3 is 0 Å². The summed E-state index contributed by atoms with van der Waals surface area (Å²) in [6, 6.07) is 28.2. The minimum Gasteiger partial charge on any atom is -0.492 e. The van der Waals surface area contributed by atoms with Crippen LogP contribution in [0, 0.1) is 0 Å². The van der Waals surface area contributed by atoms with E-state index in [-0.39, 0.29) is 0 Å². The van der Waals surface area contributed by atoms with Gasteiger partial charge < -0.3 is 9.64 Å². The van der Waals surface area contributed by atoms with Crippen LogP contribution in [0.2, 0.25) is 0 Å². The summed E-state index contributed by atoms with van der Waals surface area (Å²) < 4.78 is 5.88. The summed E-state index contributed by atoms with van der Waals surface area (Å²) in [7, 11) is 4.12. The van der Waals surface area contributed by atoms with E-state index in [1.165, 1.54) is 33.4 Å². The maximum Gasteiger partial charge on any atom is 0.119 e. The second-order valence-corrected chi connectivity index (χ2v) is 7.55. The number of hydrogen-bond acceptors (Lipinski definition) is 2. The molecular formula is C26H27NO. The summed E-state index contributed by atoms with van der Waals surface area (Å²) in [5.41, 5.74) is 8.15. The molecule has 0 heterocycles. The van der Waals surface area contributed by atoms with Gasteiger partial charge in [-0.15, -0.1) is 0 Å². The molecule has 1 aliphatic rings. The Bertz CT molecular complexity index is 955. The van der Waals surface area contributed by atoms with Gasteiger partial charge in [0.1, 0.15) is 12.4 Å². The Balaban J connectivity index is 1.72. The topological polar surface area (TPSA) is 12.5 Å². The zero-order valence-electron chi connectivity index (χ0n) is 16.7. The molecule has 0 spiro atoms. The highest BCUT2D eigenvalue weighted by atomic mass is 16.5. The van der Waals surface area contributed by atoms with Crippen molar-refractivity contribution in [3.05, 3.63) is 101 Å². The number of likely N-dealkylation sites (N-methyl/N-ethyl adjacent to an activating group) is 1. The summed E-state index contributed by atoms with van der Waals surface area (Å²) in [5, 5.41) is 0. The van der Waals surface area contributed by atoms with E-state index < -0.39 is 0 Å². The van der Waals surface area contributed by atoms with Gasteiger partial charge in [-0.2, -0.15) is 0 Å². The van der Waals surface area contributed by atoms with Crippen LogP contribution >= 0.6 is 0 Å². The molecule has 2 nitrogen and oxygen atoms in total. The molecule has 0 aromatic heterocycles. The normalized spacial score (nSPS) is 13.5. The summed E-state index contributed by atoms with van der Waals surface area (Å²) in [4.78, 5) is 2.13. The average Bonchev–Trinajstić information content (AvgIpc) is 2.74. The zero-order valence-corrected chi connectivity index (χ0v) is 16.7. The molecule has 3 aromatic carbocycles. The molecule has 0 unspecified atom stereocenters.